The highest BCUT2D eigenvalue weighted by Gasteiger charge is 2.35. The number of hydrogen-bond acceptors (Lipinski definition) is 4. The lowest BCUT2D eigenvalue weighted by Gasteiger charge is -2.08. The van der Waals surface area contributed by atoms with Crippen LogP contribution in [0.3, 0.4) is 0 Å². The van der Waals surface area contributed by atoms with Crippen LogP contribution in [0, 0.1) is 11.8 Å². The van der Waals surface area contributed by atoms with Crippen LogP contribution in [0.2, 0.25) is 0 Å². The maximum Gasteiger partial charge on any atom is 0.434 e. The lowest BCUT2D eigenvalue weighted by molar-refractivity contribution is -0.141. The quantitative estimate of drug-likeness (QED) is 0.550. The maximum absolute atomic E-state index is 12.5. The molecule has 0 aromatic carbocycles. The molecule has 1 heterocycles. The molecule has 0 aliphatic heterocycles. The number of alkyl halides is 3. The molecule has 0 amide bonds. The molecular formula is C10H7F3N2O2. The van der Waals surface area contributed by atoms with Gasteiger partial charge in [0.2, 0.25) is 0 Å². The molecule has 1 aromatic rings. The van der Waals surface area contributed by atoms with Crippen molar-refractivity contribution in [2.75, 3.05) is 12.8 Å². The molecule has 0 radical (unpaired) electrons. The Labute approximate surface area is 94.6 Å². The van der Waals surface area contributed by atoms with E-state index in [0.29, 0.717) is 0 Å². The van der Waals surface area contributed by atoms with Crippen molar-refractivity contribution in [3.05, 3.63) is 23.4 Å². The van der Waals surface area contributed by atoms with Crippen molar-refractivity contribution in [2.45, 2.75) is 6.18 Å². The van der Waals surface area contributed by atoms with E-state index in [1.54, 1.807) is 0 Å². The number of halogens is 3. The van der Waals surface area contributed by atoms with Crippen molar-refractivity contribution in [2.24, 2.45) is 0 Å². The third-order valence-corrected chi connectivity index (χ3v) is 1.67. The molecule has 0 spiro atoms. The number of nitrogen functional groups attached to an aromatic ring is 1. The average Bonchev–Trinajstić information content (AvgIpc) is 2.25. The number of hydrogen-bond donors (Lipinski definition) is 1. The Morgan fingerprint density at radius 1 is 1.47 bits per heavy atom. The standard InChI is InChI=1S/C10H7F3N2O2/c1-17-8(16)5-3-6-2-4-7(14)15-9(6)10(11,12)13/h2,4H,1H3,(H2,14,15). The molecule has 0 saturated heterocycles. The molecule has 90 valence electrons. The summed E-state index contributed by atoms with van der Waals surface area (Å²) in [6.45, 7) is 0. The molecule has 0 bridgehead atoms. The third-order valence-electron chi connectivity index (χ3n) is 1.67. The van der Waals surface area contributed by atoms with E-state index in [4.69, 9.17) is 5.73 Å². The lowest BCUT2D eigenvalue weighted by Crippen LogP contribution is -2.12. The Morgan fingerprint density at radius 2 is 2.12 bits per heavy atom. The second-order valence-corrected chi connectivity index (χ2v) is 2.87. The van der Waals surface area contributed by atoms with E-state index in [1.807, 2.05) is 11.8 Å². The first-order valence-electron chi connectivity index (χ1n) is 4.28. The van der Waals surface area contributed by atoms with Crippen LogP contribution >= 0.6 is 0 Å². The molecular weight excluding hydrogens is 237 g/mol. The Balaban J connectivity index is 3.23. The van der Waals surface area contributed by atoms with Gasteiger partial charge in [0, 0.05) is 5.92 Å². The van der Waals surface area contributed by atoms with Gasteiger partial charge in [-0.3, -0.25) is 0 Å². The fourth-order valence-corrected chi connectivity index (χ4v) is 0.961. The summed E-state index contributed by atoms with van der Waals surface area (Å²) in [5, 5.41) is 0. The molecule has 0 aliphatic carbocycles. The van der Waals surface area contributed by atoms with Gasteiger partial charge in [0.15, 0.2) is 5.69 Å². The number of aromatic nitrogens is 1. The summed E-state index contributed by atoms with van der Waals surface area (Å²) >= 11 is 0. The first kappa shape index (κ1) is 12.8. The van der Waals surface area contributed by atoms with Crippen LogP contribution in [0.1, 0.15) is 11.3 Å². The van der Waals surface area contributed by atoms with Gasteiger partial charge in [-0.1, -0.05) is 5.92 Å². The van der Waals surface area contributed by atoms with Crippen LogP contribution in [0.4, 0.5) is 19.0 Å². The van der Waals surface area contributed by atoms with Gasteiger partial charge in [-0.15, -0.1) is 0 Å². The zero-order chi connectivity index (χ0) is 13.1. The number of carbonyl (C=O) groups is 1. The normalized spacial score (nSPS) is 10.4. The fourth-order valence-electron chi connectivity index (χ4n) is 0.961. The molecule has 2 N–H and O–H groups in total. The van der Waals surface area contributed by atoms with Gasteiger partial charge in [0.05, 0.1) is 12.7 Å². The number of carbonyl (C=O) groups excluding carboxylic acids is 1. The average molecular weight is 244 g/mol. The lowest BCUT2D eigenvalue weighted by atomic mass is 10.2. The van der Waals surface area contributed by atoms with Crippen molar-refractivity contribution in [3.63, 3.8) is 0 Å². The Bertz CT molecular complexity index is 500. The monoisotopic (exact) mass is 244 g/mol. The van der Waals surface area contributed by atoms with E-state index in [0.717, 1.165) is 19.2 Å². The van der Waals surface area contributed by atoms with Crippen LogP contribution in [-0.2, 0) is 15.7 Å². The molecule has 4 nitrogen and oxygen atoms in total. The van der Waals surface area contributed by atoms with Gasteiger partial charge in [0.25, 0.3) is 0 Å². The smallest absolute Gasteiger partial charge is 0.434 e. The molecule has 17 heavy (non-hydrogen) atoms. The number of rotatable bonds is 0. The van der Waals surface area contributed by atoms with Crippen molar-refractivity contribution < 1.29 is 22.7 Å². The number of ether oxygens (including phenoxy) is 1. The molecule has 0 atom stereocenters. The van der Waals surface area contributed by atoms with Gasteiger partial charge in [0.1, 0.15) is 5.82 Å². The Morgan fingerprint density at radius 3 is 2.65 bits per heavy atom. The largest absolute Gasteiger partial charge is 0.459 e. The molecule has 0 fully saturated rings. The summed E-state index contributed by atoms with van der Waals surface area (Å²) in [7, 11) is 1.07. The van der Waals surface area contributed by atoms with E-state index in [-0.39, 0.29) is 5.82 Å². The van der Waals surface area contributed by atoms with Gasteiger partial charge in [-0.2, -0.15) is 13.2 Å². The van der Waals surface area contributed by atoms with Crippen LogP contribution in [0.25, 0.3) is 0 Å². The summed E-state index contributed by atoms with van der Waals surface area (Å²) in [4.78, 5) is 13.8. The highest BCUT2D eigenvalue weighted by Crippen LogP contribution is 2.30. The zero-order valence-corrected chi connectivity index (χ0v) is 8.63. The van der Waals surface area contributed by atoms with Crippen LogP contribution < -0.4 is 5.73 Å². The van der Waals surface area contributed by atoms with Crippen molar-refractivity contribution in [1.82, 2.24) is 4.98 Å². The first-order valence-corrected chi connectivity index (χ1v) is 4.28. The summed E-state index contributed by atoms with van der Waals surface area (Å²) in [6.07, 6.45) is -4.69. The molecule has 0 aliphatic rings. The maximum atomic E-state index is 12.5. The summed E-state index contributed by atoms with van der Waals surface area (Å²) < 4.78 is 41.8. The minimum Gasteiger partial charge on any atom is -0.459 e. The molecule has 7 heteroatoms. The highest BCUT2D eigenvalue weighted by molar-refractivity contribution is 5.89. The summed E-state index contributed by atoms with van der Waals surface area (Å²) in [6, 6.07) is 2.21. The number of pyridine rings is 1. The fraction of sp³-hybridized carbons (Fsp3) is 0.200. The predicted molar refractivity (Wildman–Crippen MR) is 52.5 cm³/mol. The third kappa shape index (κ3) is 3.38. The van der Waals surface area contributed by atoms with E-state index in [1.165, 1.54) is 0 Å². The molecule has 0 saturated carbocycles. The number of esters is 1. The number of anilines is 1. The molecule has 1 aromatic heterocycles. The topological polar surface area (TPSA) is 65.2 Å². The minimum absolute atomic E-state index is 0.277. The summed E-state index contributed by atoms with van der Waals surface area (Å²) in [5.41, 5.74) is 3.49. The highest BCUT2D eigenvalue weighted by atomic mass is 19.4. The Kier molecular flexibility index (Phi) is 3.58. The van der Waals surface area contributed by atoms with E-state index < -0.39 is 23.4 Å². The van der Waals surface area contributed by atoms with E-state index >= 15 is 0 Å². The SMILES string of the molecule is COC(=O)C#Cc1ccc(N)nc1C(F)(F)F. The van der Waals surface area contributed by atoms with Gasteiger partial charge >= 0.3 is 12.1 Å². The van der Waals surface area contributed by atoms with Gasteiger partial charge < -0.3 is 10.5 Å². The second kappa shape index (κ2) is 4.74. The van der Waals surface area contributed by atoms with Crippen molar-refractivity contribution in [3.8, 4) is 11.8 Å². The second-order valence-electron chi connectivity index (χ2n) is 2.87. The first-order chi connectivity index (χ1) is 7.84. The van der Waals surface area contributed by atoms with Gasteiger partial charge in [-0.25, -0.2) is 9.78 Å². The van der Waals surface area contributed by atoms with Crippen molar-refractivity contribution in [1.29, 1.82) is 0 Å². The minimum atomic E-state index is -4.69. The van der Waals surface area contributed by atoms with Gasteiger partial charge in [-0.05, 0) is 12.1 Å². The van der Waals surface area contributed by atoms with Crippen LogP contribution in [-0.4, -0.2) is 18.1 Å². The number of nitrogens with zero attached hydrogens (tertiary/aromatic N) is 1. The summed E-state index contributed by atoms with van der Waals surface area (Å²) in [5.74, 6) is 2.71. The zero-order valence-electron chi connectivity index (χ0n) is 8.63. The number of methoxy groups -OCH3 is 1. The van der Waals surface area contributed by atoms with E-state index in [2.05, 4.69) is 9.72 Å². The number of nitrogens with two attached hydrogens (primary N) is 1. The van der Waals surface area contributed by atoms with Crippen molar-refractivity contribution >= 4 is 11.8 Å². The Hall–Kier alpha value is -2.23. The van der Waals surface area contributed by atoms with Crippen LogP contribution in [0.15, 0.2) is 12.1 Å². The predicted octanol–water partition coefficient (Wildman–Crippen LogP) is 1.21. The van der Waals surface area contributed by atoms with Crippen LogP contribution in [0.5, 0.6) is 0 Å². The molecule has 1 rings (SSSR count). The van der Waals surface area contributed by atoms with E-state index in [9.17, 15) is 18.0 Å². The molecule has 0 unspecified atom stereocenters.